The molecule has 33 heavy (non-hydrogen) atoms. The topological polar surface area (TPSA) is 40.5 Å². The van der Waals surface area contributed by atoms with Crippen molar-refractivity contribution < 1.29 is 32.2 Å². The predicted molar refractivity (Wildman–Crippen MR) is 116 cm³/mol. The van der Waals surface area contributed by atoms with Crippen LogP contribution < -0.4 is 0 Å². The Morgan fingerprint density at radius 2 is 1.33 bits per heavy atom. The fourth-order valence-electron chi connectivity index (χ4n) is 3.91. The summed E-state index contributed by atoms with van der Waals surface area (Å²) in [6.45, 7) is 0. The van der Waals surface area contributed by atoms with E-state index in [4.69, 9.17) is 0 Å². The molecule has 0 aromatic heterocycles. The fraction of sp³-hybridized carbons (Fsp3) is 0.154. The number of rotatable bonds is 4. The maximum Gasteiger partial charge on any atom is 0.200 e. The van der Waals surface area contributed by atoms with E-state index in [1.807, 2.05) is 12.2 Å². The zero-order valence-electron chi connectivity index (χ0n) is 17.3. The molecule has 1 aliphatic carbocycles. The summed E-state index contributed by atoms with van der Waals surface area (Å²) in [7, 11) is 0. The highest BCUT2D eigenvalue weighted by molar-refractivity contribution is 5.69. The van der Waals surface area contributed by atoms with Gasteiger partial charge in [0.25, 0.3) is 0 Å². The molecule has 0 bridgehead atoms. The number of phenolic OH excluding ortho intramolecular Hbond substituents is 2. The van der Waals surface area contributed by atoms with Crippen LogP contribution in [0.15, 0.2) is 54.6 Å². The molecule has 1 unspecified atom stereocenters. The Labute approximate surface area is 186 Å². The number of phenols is 2. The van der Waals surface area contributed by atoms with E-state index in [-0.39, 0.29) is 22.6 Å². The van der Waals surface area contributed by atoms with Gasteiger partial charge in [-0.1, -0.05) is 30.4 Å². The van der Waals surface area contributed by atoms with E-state index >= 15 is 0 Å². The van der Waals surface area contributed by atoms with E-state index in [9.17, 15) is 32.2 Å². The Balaban J connectivity index is 1.48. The molecular weight excluding hydrogens is 439 g/mol. The second-order valence-electron chi connectivity index (χ2n) is 7.88. The summed E-state index contributed by atoms with van der Waals surface area (Å²) in [5.41, 5.74) is 0.897. The van der Waals surface area contributed by atoms with E-state index in [2.05, 4.69) is 0 Å². The van der Waals surface area contributed by atoms with Crippen LogP contribution >= 0.6 is 0 Å². The van der Waals surface area contributed by atoms with Crippen LogP contribution in [0, 0.1) is 35.0 Å². The molecule has 0 heterocycles. The standard InChI is InChI=1S/C26H19F5O2/c27-20-13-15(5-8-18(20)19-10-12-22(33)26(31)24(19)29)2-1-14-3-6-16(7-4-14)17-9-11-21(32)25(30)23(17)28/h1-2,5-6,8-14,32-33H,3-4,7H2/b2-1+. The summed E-state index contributed by atoms with van der Waals surface area (Å²) in [5.74, 6) is -7.32. The molecule has 2 nitrogen and oxygen atoms in total. The minimum Gasteiger partial charge on any atom is -0.505 e. The Bertz CT molecular complexity index is 1280. The highest BCUT2D eigenvalue weighted by Crippen LogP contribution is 2.35. The highest BCUT2D eigenvalue weighted by atomic mass is 19.2. The van der Waals surface area contributed by atoms with Crippen LogP contribution in [0.2, 0.25) is 0 Å². The molecule has 0 radical (unpaired) electrons. The first-order valence-electron chi connectivity index (χ1n) is 10.3. The van der Waals surface area contributed by atoms with Crippen LogP contribution in [0.5, 0.6) is 11.5 Å². The van der Waals surface area contributed by atoms with Crippen molar-refractivity contribution in [1.82, 2.24) is 0 Å². The van der Waals surface area contributed by atoms with Crippen LogP contribution in [0.1, 0.15) is 30.4 Å². The van der Waals surface area contributed by atoms with Gasteiger partial charge >= 0.3 is 0 Å². The molecule has 7 heteroatoms. The normalized spacial score (nSPS) is 16.3. The average Bonchev–Trinajstić information content (AvgIpc) is 2.81. The second-order valence-corrected chi connectivity index (χ2v) is 7.88. The molecule has 0 saturated heterocycles. The van der Waals surface area contributed by atoms with Gasteiger partial charge in [-0.3, -0.25) is 0 Å². The van der Waals surface area contributed by atoms with Gasteiger partial charge in [-0.2, -0.15) is 8.78 Å². The van der Waals surface area contributed by atoms with Gasteiger partial charge in [0.1, 0.15) is 5.82 Å². The van der Waals surface area contributed by atoms with E-state index in [1.54, 1.807) is 12.1 Å². The van der Waals surface area contributed by atoms with Crippen molar-refractivity contribution >= 4 is 11.6 Å². The maximum absolute atomic E-state index is 14.6. The minimum absolute atomic E-state index is 0.102. The number of aromatic hydroxyl groups is 2. The third kappa shape index (κ3) is 4.49. The van der Waals surface area contributed by atoms with E-state index in [1.165, 1.54) is 18.2 Å². The second kappa shape index (κ2) is 9.10. The highest BCUT2D eigenvalue weighted by Gasteiger charge is 2.20. The van der Waals surface area contributed by atoms with Crippen LogP contribution in [-0.2, 0) is 0 Å². The summed E-state index contributed by atoms with van der Waals surface area (Å²) in [4.78, 5) is 0. The molecule has 4 rings (SSSR count). The molecule has 170 valence electrons. The lowest BCUT2D eigenvalue weighted by Gasteiger charge is -2.20. The maximum atomic E-state index is 14.6. The lowest BCUT2D eigenvalue weighted by atomic mass is 9.86. The molecule has 1 aliphatic rings. The van der Waals surface area contributed by atoms with Gasteiger partial charge in [0.05, 0.1) is 0 Å². The lowest BCUT2D eigenvalue weighted by Crippen LogP contribution is -2.04. The average molecular weight is 458 g/mol. The molecule has 3 aromatic carbocycles. The van der Waals surface area contributed by atoms with E-state index in [0.717, 1.165) is 18.2 Å². The molecule has 2 N–H and O–H groups in total. The molecular formula is C26H19F5O2. The van der Waals surface area contributed by atoms with Crippen molar-refractivity contribution in [2.45, 2.75) is 19.3 Å². The first-order chi connectivity index (χ1) is 15.8. The molecule has 0 aliphatic heterocycles. The summed E-state index contributed by atoms with van der Waals surface area (Å²) < 4.78 is 69.9. The van der Waals surface area contributed by atoms with Crippen LogP contribution in [0.4, 0.5) is 22.0 Å². The number of halogens is 5. The Kier molecular flexibility index (Phi) is 6.22. The number of benzene rings is 3. The van der Waals surface area contributed by atoms with Crippen LogP contribution in [0.25, 0.3) is 22.8 Å². The first-order valence-corrected chi connectivity index (χ1v) is 10.3. The molecule has 0 amide bonds. The molecule has 0 saturated carbocycles. The zero-order valence-corrected chi connectivity index (χ0v) is 17.3. The van der Waals surface area contributed by atoms with Gasteiger partial charge in [-0.05, 0) is 66.6 Å². The Morgan fingerprint density at radius 3 is 1.94 bits per heavy atom. The first kappa shape index (κ1) is 22.6. The molecule has 1 atom stereocenters. The van der Waals surface area contributed by atoms with Crippen molar-refractivity contribution in [3.63, 3.8) is 0 Å². The summed E-state index contributed by atoms with van der Waals surface area (Å²) >= 11 is 0. The number of hydrogen-bond acceptors (Lipinski definition) is 2. The van der Waals surface area contributed by atoms with Crippen molar-refractivity contribution in [3.05, 3.63) is 94.8 Å². The van der Waals surface area contributed by atoms with Crippen molar-refractivity contribution in [3.8, 4) is 22.6 Å². The monoisotopic (exact) mass is 458 g/mol. The predicted octanol–water partition coefficient (Wildman–Crippen LogP) is 7.36. The minimum atomic E-state index is -1.43. The third-order valence-electron chi connectivity index (χ3n) is 5.77. The van der Waals surface area contributed by atoms with Crippen molar-refractivity contribution in [1.29, 1.82) is 0 Å². The van der Waals surface area contributed by atoms with Crippen molar-refractivity contribution in [2.75, 3.05) is 0 Å². The zero-order chi connectivity index (χ0) is 23.7. The van der Waals surface area contributed by atoms with Gasteiger partial charge in [0, 0.05) is 16.7 Å². The largest absolute Gasteiger partial charge is 0.505 e. The van der Waals surface area contributed by atoms with E-state index in [0.29, 0.717) is 30.4 Å². The SMILES string of the molecule is Oc1ccc(C2=CCC(/C=C/c3ccc(-c4ccc(O)c(F)c4F)c(F)c3)CC2)c(F)c1F. The Hall–Kier alpha value is -3.61. The number of hydrogen-bond donors (Lipinski definition) is 2. The quantitative estimate of drug-likeness (QED) is 0.401. The van der Waals surface area contributed by atoms with Gasteiger partial charge in [0.15, 0.2) is 23.1 Å². The lowest BCUT2D eigenvalue weighted by molar-refractivity contribution is 0.406. The van der Waals surface area contributed by atoms with Gasteiger partial charge in [-0.15, -0.1) is 0 Å². The fourth-order valence-corrected chi connectivity index (χ4v) is 3.91. The molecule has 0 fully saturated rings. The summed E-state index contributed by atoms with van der Waals surface area (Å²) in [5, 5.41) is 18.5. The van der Waals surface area contributed by atoms with Gasteiger partial charge < -0.3 is 10.2 Å². The summed E-state index contributed by atoms with van der Waals surface area (Å²) in [6, 6.07) is 8.65. The van der Waals surface area contributed by atoms with Gasteiger partial charge in [-0.25, -0.2) is 13.2 Å². The Morgan fingerprint density at radius 1 is 0.727 bits per heavy atom. The third-order valence-corrected chi connectivity index (χ3v) is 5.77. The van der Waals surface area contributed by atoms with Crippen LogP contribution in [-0.4, -0.2) is 10.2 Å². The summed E-state index contributed by atoms with van der Waals surface area (Å²) in [6.07, 6.45) is 7.17. The molecule has 0 spiro atoms. The molecule has 3 aromatic rings. The number of allylic oxidation sites excluding steroid dienone is 3. The smallest absolute Gasteiger partial charge is 0.200 e. The van der Waals surface area contributed by atoms with Gasteiger partial charge in [0.2, 0.25) is 11.6 Å². The van der Waals surface area contributed by atoms with Crippen LogP contribution in [0.3, 0.4) is 0 Å². The van der Waals surface area contributed by atoms with E-state index < -0.39 is 40.6 Å². The van der Waals surface area contributed by atoms with Crippen molar-refractivity contribution in [2.24, 2.45) is 5.92 Å².